The first-order chi connectivity index (χ1) is 19.9. The van der Waals surface area contributed by atoms with Crippen LogP contribution in [0.1, 0.15) is 32.6 Å². The summed E-state index contributed by atoms with van der Waals surface area (Å²) in [6, 6.07) is -2.10. The smallest absolute Gasteiger partial charge is 0.215 e. The number of aliphatic hydroxyl groups is 4. The number of ether oxygens (including phenoxy) is 4. The fraction of sp³-hybridized carbons (Fsp3) is 0.926. The minimum absolute atomic E-state index is 0.0464. The van der Waals surface area contributed by atoms with Gasteiger partial charge in [-0.3, -0.25) is 0 Å². The van der Waals surface area contributed by atoms with E-state index in [4.69, 9.17) is 41.9 Å². The second-order valence-electron chi connectivity index (χ2n) is 12.6. The van der Waals surface area contributed by atoms with Crippen LogP contribution in [0.15, 0.2) is 11.8 Å². The number of hydrogen-bond donors (Lipinski definition) is 11. The molecule has 2 heterocycles. The molecule has 4 rings (SSSR count). The maximum Gasteiger partial charge on any atom is 0.215 e. The van der Waals surface area contributed by atoms with E-state index in [1.807, 2.05) is 6.08 Å². The zero-order chi connectivity index (χ0) is 30.6. The zero-order valence-electron chi connectivity index (χ0n) is 24.7. The molecule has 0 bridgehead atoms. The minimum atomic E-state index is -1.34. The predicted octanol–water partition coefficient (Wildman–Crippen LogP) is -4.53. The molecule has 2 aliphatic heterocycles. The highest BCUT2D eigenvalue weighted by molar-refractivity contribution is 5.05. The van der Waals surface area contributed by atoms with Crippen LogP contribution in [0.25, 0.3) is 0 Å². The second kappa shape index (κ2) is 14.8. The molecule has 0 amide bonds. The van der Waals surface area contributed by atoms with Gasteiger partial charge in [0.05, 0.1) is 31.3 Å². The van der Waals surface area contributed by atoms with Crippen LogP contribution in [-0.4, -0.2) is 139 Å². The van der Waals surface area contributed by atoms with E-state index < -0.39 is 72.9 Å². The summed E-state index contributed by atoms with van der Waals surface area (Å²) in [7, 11) is 1.62. The van der Waals surface area contributed by atoms with Crippen molar-refractivity contribution < 1.29 is 39.4 Å². The molecule has 2 saturated carbocycles. The summed E-state index contributed by atoms with van der Waals surface area (Å²) in [4.78, 5) is 0. The number of nitrogens with two attached hydrogens (primary N) is 4. The summed E-state index contributed by atoms with van der Waals surface area (Å²) in [5, 5.41) is 52.7. The van der Waals surface area contributed by atoms with E-state index in [2.05, 4.69) is 16.0 Å². The molecule has 1 saturated heterocycles. The van der Waals surface area contributed by atoms with Crippen molar-refractivity contribution in [2.45, 2.75) is 112 Å². The molecule has 244 valence electrons. The average molecular weight is 604 g/mol. The Labute approximate surface area is 247 Å². The third-order valence-electron chi connectivity index (χ3n) is 8.87. The molecule has 15 N–H and O–H groups in total. The van der Waals surface area contributed by atoms with Crippen molar-refractivity contribution in [3.63, 3.8) is 0 Å². The molecule has 0 radical (unpaired) electrons. The molecule has 3 fully saturated rings. The van der Waals surface area contributed by atoms with Crippen LogP contribution < -0.4 is 38.9 Å². The molecule has 0 aromatic rings. The van der Waals surface area contributed by atoms with Gasteiger partial charge in [-0.15, -0.1) is 0 Å². The first-order valence-corrected chi connectivity index (χ1v) is 15.1. The normalized spacial score (nSPS) is 45.0. The summed E-state index contributed by atoms with van der Waals surface area (Å²) >= 11 is 0. The quantitative estimate of drug-likeness (QED) is 0.0947. The van der Waals surface area contributed by atoms with Crippen molar-refractivity contribution in [1.29, 1.82) is 0 Å². The van der Waals surface area contributed by atoms with E-state index in [9.17, 15) is 20.4 Å². The Kier molecular flexibility index (Phi) is 12.0. The molecule has 15 nitrogen and oxygen atoms in total. The van der Waals surface area contributed by atoms with Gasteiger partial charge in [-0.1, -0.05) is 0 Å². The molecule has 42 heavy (non-hydrogen) atoms. The molecule has 12 atom stereocenters. The van der Waals surface area contributed by atoms with Crippen molar-refractivity contribution >= 4 is 0 Å². The lowest BCUT2D eigenvalue weighted by atomic mass is 9.81. The van der Waals surface area contributed by atoms with E-state index in [0.29, 0.717) is 37.1 Å². The maximum atomic E-state index is 11.6. The SMILES string of the molecule is CN[C@@H]1[C@@H](O)[C@@H](O[C@H]2[C@H](NCC(O)CN)C[C@H](N)C(O[C@H]3OC(CNCC4CC(N)C4)=CC[C@H]3N)[C@@H]2O)OC[C@]1(C)O. The number of hydrogen-bond acceptors (Lipinski definition) is 15. The summed E-state index contributed by atoms with van der Waals surface area (Å²) < 4.78 is 24.2. The van der Waals surface area contributed by atoms with Crippen LogP contribution in [0.4, 0.5) is 0 Å². The lowest BCUT2D eigenvalue weighted by Crippen LogP contribution is -2.69. The highest BCUT2D eigenvalue weighted by Crippen LogP contribution is 2.32. The van der Waals surface area contributed by atoms with E-state index in [1.165, 1.54) is 0 Å². The highest BCUT2D eigenvalue weighted by atomic mass is 16.7. The Morgan fingerprint density at radius 2 is 1.79 bits per heavy atom. The minimum Gasteiger partial charge on any atom is -0.467 e. The summed E-state index contributed by atoms with van der Waals surface area (Å²) in [5.41, 5.74) is 23.0. The van der Waals surface area contributed by atoms with Gasteiger partial charge in [0, 0.05) is 31.2 Å². The lowest BCUT2D eigenvalue weighted by Gasteiger charge is -2.49. The summed E-state index contributed by atoms with van der Waals surface area (Å²) in [5.74, 6) is 1.27. The predicted molar refractivity (Wildman–Crippen MR) is 154 cm³/mol. The molecule has 0 aromatic carbocycles. The van der Waals surface area contributed by atoms with E-state index in [0.717, 1.165) is 19.4 Å². The van der Waals surface area contributed by atoms with Crippen LogP contribution in [-0.2, 0) is 18.9 Å². The third kappa shape index (κ3) is 8.17. The van der Waals surface area contributed by atoms with Crippen LogP contribution >= 0.6 is 0 Å². The van der Waals surface area contributed by atoms with Crippen molar-refractivity contribution in [3.05, 3.63) is 11.8 Å². The van der Waals surface area contributed by atoms with Gasteiger partial charge in [0.15, 0.2) is 6.29 Å². The monoisotopic (exact) mass is 603 g/mol. The molecule has 2 aliphatic carbocycles. The first-order valence-electron chi connectivity index (χ1n) is 15.1. The maximum absolute atomic E-state index is 11.6. The van der Waals surface area contributed by atoms with Crippen LogP contribution in [0.2, 0.25) is 0 Å². The average Bonchev–Trinajstić information content (AvgIpc) is 2.93. The molecular formula is C27H53N7O8. The fourth-order valence-electron chi connectivity index (χ4n) is 6.30. The highest BCUT2D eigenvalue weighted by Gasteiger charge is 2.51. The second-order valence-corrected chi connectivity index (χ2v) is 12.6. The van der Waals surface area contributed by atoms with Crippen molar-refractivity contribution in [1.82, 2.24) is 16.0 Å². The number of nitrogens with one attached hydrogen (secondary N) is 3. The lowest BCUT2D eigenvalue weighted by molar-refractivity contribution is -0.304. The van der Waals surface area contributed by atoms with Crippen LogP contribution in [0, 0.1) is 5.92 Å². The molecule has 0 spiro atoms. The van der Waals surface area contributed by atoms with E-state index >= 15 is 0 Å². The third-order valence-corrected chi connectivity index (χ3v) is 8.87. The largest absolute Gasteiger partial charge is 0.467 e. The molecule has 2 unspecified atom stereocenters. The molecule has 15 heteroatoms. The number of likely N-dealkylation sites (N-methyl/N-ethyl adjacent to an activating group) is 1. The Morgan fingerprint density at radius 1 is 1.07 bits per heavy atom. The van der Waals surface area contributed by atoms with Crippen molar-refractivity contribution in [2.24, 2.45) is 28.9 Å². The Morgan fingerprint density at radius 3 is 2.45 bits per heavy atom. The summed E-state index contributed by atoms with van der Waals surface area (Å²) in [6.07, 6.45) is -2.45. The van der Waals surface area contributed by atoms with E-state index in [-0.39, 0.29) is 19.7 Å². The van der Waals surface area contributed by atoms with Gasteiger partial charge >= 0.3 is 0 Å². The first kappa shape index (κ1) is 33.9. The van der Waals surface area contributed by atoms with Crippen LogP contribution in [0.3, 0.4) is 0 Å². The topological polar surface area (TPSA) is 258 Å². The summed E-state index contributed by atoms with van der Waals surface area (Å²) in [6.45, 7) is 3.01. The van der Waals surface area contributed by atoms with Crippen LogP contribution in [0.5, 0.6) is 0 Å². The van der Waals surface area contributed by atoms with Crippen molar-refractivity contribution in [2.75, 3.05) is 39.8 Å². The van der Waals surface area contributed by atoms with E-state index in [1.54, 1.807) is 14.0 Å². The molecular weight excluding hydrogens is 550 g/mol. The van der Waals surface area contributed by atoms with Gasteiger partial charge in [0.25, 0.3) is 0 Å². The number of rotatable bonds is 13. The van der Waals surface area contributed by atoms with Gasteiger partial charge in [0.1, 0.15) is 35.8 Å². The standard InChI is InChI=1S/C27H53N7O8/c1-27(38)12-39-26(21(37)24(27)32-2)42-23-19(34-10-15(35)8-28)7-18(31)22(20(23)36)41-25-17(30)4-3-16(40-25)11-33-9-13-5-14(29)6-13/h3,13-15,17-26,32-38H,4-12,28-31H2,1-2H3/t13?,14?,15?,17-,18+,19-,20+,21-,22?,23+,24-,25-,26-,27+/m1/s1. The Balaban J connectivity index is 1.42. The van der Waals surface area contributed by atoms with Crippen molar-refractivity contribution in [3.8, 4) is 0 Å². The van der Waals surface area contributed by atoms with Gasteiger partial charge in [-0.2, -0.15) is 0 Å². The number of aliphatic hydroxyl groups excluding tert-OH is 3. The Hall–Kier alpha value is -1.02. The van der Waals surface area contributed by atoms with Gasteiger partial charge in [-0.25, -0.2) is 0 Å². The molecule has 4 aliphatic rings. The zero-order valence-corrected chi connectivity index (χ0v) is 24.7. The van der Waals surface area contributed by atoms with Gasteiger partial charge in [0.2, 0.25) is 6.29 Å². The van der Waals surface area contributed by atoms with Gasteiger partial charge < -0.3 is 78.3 Å². The van der Waals surface area contributed by atoms with Gasteiger partial charge in [-0.05, 0) is 58.2 Å². The fourth-order valence-corrected chi connectivity index (χ4v) is 6.30. The molecule has 0 aromatic heterocycles. The Bertz CT molecular complexity index is 881.